The zero-order valence-corrected chi connectivity index (χ0v) is 7.74. The summed E-state index contributed by atoms with van der Waals surface area (Å²) in [7, 11) is 0. The van der Waals surface area contributed by atoms with Gasteiger partial charge in [-0.05, 0) is 25.8 Å². The zero-order valence-electron chi connectivity index (χ0n) is 7.74. The normalized spacial score (nSPS) is 30.5. The highest BCUT2D eigenvalue weighted by molar-refractivity contribution is 4.85. The van der Waals surface area contributed by atoms with Crippen LogP contribution in [0.4, 0.5) is 4.39 Å². The molecule has 0 aromatic heterocycles. The number of rotatable bonds is 4. The Labute approximate surface area is 73.5 Å². The van der Waals surface area contributed by atoms with E-state index in [4.69, 9.17) is 4.74 Å². The van der Waals surface area contributed by atoms with E-state index in [-0.39, 0.29) is 6.61 Å². The lowest BCUT2D eigenvalue weighted by Crippen LogP contribution is -2.45. The van der Waals surface area contributed by atoms with Crippen LogP contribution in [0.3, 0.4) is 0 Å². The van der Waals surface area contributed by atoms with Crippen LogP contribution in [0.2, 0.25) is 0 Å². The molecule has 0 spiro atoms. The van der Waals surface area contributed by atoms with E-state index in [0.717, 1.165) is 19.4 Å². The summed E-state index contributed by atoms with van der Waals surface area (Å²) in [4.78, 5) is 0. The summed E-state index contributed by atoms with van der Waals surface area (Å²) < 4.78 is 18.9. The van der Waals surface area contributed by atoms with Crippen LogP contribution < -0.4 is 5.32 Å². The van der Waals surface area contributed by atoms with Gasteiger partial charge in [0.2, 0.25) is 0 Å². The van der Waals surface area contributed by atoms with Gasteiger partial charge < -0.3 is 10.1 Å². The second-order valence-electron chi connectivity index (χ2n) is 3.48. The third kappa shape index (κ3) is 3.07. The molecular formula is C9H18FNO. The first-order valence-electron chi connectivity index (χ1n) is 4.74. The predicted molar refractivity (Wildman–Crippen MR) is 47.1 cm³/mol. The maximum Gasteiger partial charge on any atom is 0.146 e. The molecular weight excluding hydrogens is 157 g/mol. The van der Waals surface area contributed by atoms with Crippen molar-refractivity contribution in [2.75, 3.05) is 26.3 Å². The molecule has 1 aliphatic rings. The highest BCUT2D eigenvalue weighted by atomic mass is 19.1. The van der Waals surface area contributed by atoms with Crippen molar-refractivity contribution in [1.82, 2.24) is 5.32 Å². The van der Waals surface area contributed by atoms with Crippen LogP contribution in [0.1, 0.15) is 26.2 Å². The molecule has 1 saturated heterocycles. The maximum atomic E-state index is 13.7. The van der Waals surface area contributed by atoms with E-state index in [1.165, 1.54) is 0 Å². The first-order chi connectivity index (χ1) is 5.77. The summed E-state index contributed by atoms with van der Waals surface area (Å²) >= 11 is 0. The molecule has 0 amide bonds. The van der Waals surface area contributed by atoms with Crippen LogP contribution >= 0.6 is 0 Å². The van der Waals surface area contributed by atoms with Gasteiger partial charge in [0.1, 0.15) is 5.67 Å². The summed E-state index contributed by atoms with van der Waals surface area (Å²) in [6, 6.07) is 0. The van der Waals surface area contributed by atoms with Gasteiger partial charge in [-0.1, -0.05) is 6.92 Å². The molecule has 1 aliphatic heterocycles. The van der Waals surface area contributed by atoms with Crippen molar-refractivity contribution in [2.24, 2.45) is 0 Å². The van der Waals surface area contributed by atoms with Gasteiger partial charge in [0.05, 0.1) is 6.61 Å². The summed E-state index contributed by atoms with van der Waals surface area (Å²) in [6.07, 6.45) is 2.53. The van der Waals surface area contributed by atoms with Gasteiger partial charge in [-0.3, -0.25) is 0 Å². The quantitative estimate of drug-likeness (QED) is 0.654. The number of ether oxygens (including phenoxy) is 1. The summed E-state index contributed by atoms with van der Waals surface area (Å²) in [6.45, 7) is 4.36. The van der Waals surface area contributed by atoms with Gasteiger partial charge in [-0.2, -0.15) is 0 Å². The lowest BCUT2D eigenvalue weighted by molar-refractivity contribution is 0.000699. The standard InChI is InChI=1S/C9H18FNO/c1-2-6-12-8-9(10)4-3-5-11-7-9/h11H,2-8H2,1H3. The molecule has 1 rings (SSSR count). The second kappa shape index (κ2) is 4.77. The number of hydrogen-bond acceptors (Lipinski definition) is 2. The van der Waals surface area contributed by atoms with Crippen LogP contribution in [0.5, 0.6) is 0 Å². The van der Waals surface area contributed by atoms with Gasteiger partial charge in [0, 0.05) is 13.2 Å². The average Bonchev–Trinajstić information content (AvgIpc) is 2.06. The molecule has 1 heterocycles. The largest absolute Gasteiger partial charge is 0.378 e. The fourth-order valence-electron chi connectivity index (χ4n) is 1.45. The number of hydrogen-bond donors (Lipinski definition) is 1. The lowest BCUT2D eigenvalue weighted by Gasteiger charge is -2.29. The maximum absolute atomic E-state index is 13.7. The van der Waals surface area contributed by atoms with Gasteiger partial charge in [0.15, 0.2) is 0 Å². The third-order valence-electron chi connectivity index (χ3n) is 2.13. The number of piperidine rings is 1. The van der Waals surface area contributed by atoms with Crippen LogP contribution in [-0.4, -0.2) is 32.0 Å². The topological polar surface area (TPSA) is 21.3 Å². The Morgan fingerprint density at radius 2 is 2.42 bits per heavy atom. The molecule has 0 radical (unpaired) electrons. The Hall–Kier alpha value is -0.150. The molecule has 1 fully saturated rings. The van der Waals surface area contributed by atoms with Crippen LogP contribution in [0.25, 0.3) is 0 Å². The molecule has 1 atom stereocenters. The van der Waals surface area contributed by atoms with Crippen molar-refractivity contribution in [3.8, 4) is 0 Å². The van der Waals surface area contributed by atoms with E-state index in [1.807, 2.05) is 6.92 Å². The number of alkyl halides is 1. The van der Waals surface area contributed by atoms with E-state index >= 15 is 0 Å². The molecule has 0 aromatic rings. The molecule has 0 aromatic carbocycles. The minimum absolute atomic E-state index is 0.258. The number of nitrogens with one attached hydrogen (secondary N) is 1. The smallest absolute Gasteiger partial charge is 0.146 e. The molecule has 1 unspecified atom stereocenters. The Morgan fingerprint density at radius 3 is 3.00 bits per heavy atom. The minimum atomic E-state index is -1.10. The minimum Gasteiger partial charge on any atom is -0.378 e. The molecule has 2 nitrogen and oxygen atoms in total. The molecule has 3 heteroatoms. The molecule has 12 heavy (non-hydrogen) atoms. The first kappa shape index (κ1) is 9.93. The molecule has 0 aliphatic carbocycles. The molecule has 0 saturated carbocycles. The first-order valence-corrected chi connectivity index (χ1v) is 4.74. The van der Waals surface area contributed by atoms with Crippen molar-refractivity contribution in [3.63, 3.8) is 0 Å². The molecule has 1 N–H and O–H groups in total. The van der Waals surface area contributed by atoms with Crippen LogP contribution in [0.15, 0.2) is 0 Å². The van der Waals surface area contributed by atoms with E-state index in [2.05, 4.69) is 5.32 Å². The fourth-order valence-corrected chi connectivity index (χ4v) is 1.45. The highest BCUT2D eigenvalue weighted by Gasteiger charge is 2.31. The SMILES string of the molecule is CCCOCC1(F)CCCNC1. The Morgan fingerprint density at radius 1 is 1.58 bits per heavy atom. The van der Waals surface area contributed by atoms with Gasteiger partial charge in [-0.15, -0.1) is 0 Å². The monoisotopic (exact) mass is 175 g/mol. The number of halogens is 1. The van der Waals surface area contributed by atoms with Crippen molar-refractivity contribution in [2.45, 2.75) is 31.9 Å². The summed E-state index contributed by atoms with van der Waals surface area (Å²) in [5.41, 5.74) is -1.10. The Kier molecular flexibility index (Phi) is 3.95. The Bertz CT molecular complexity index is 124. The second-order valence-corrected chi connectivity index (χ2v) is 3.48. The van der Waals surface area contributed by atoms with Gasteiger partial charge in [-0.25, -0.2) is 4.39 Å². The van der Waals surface area contributed by atoms with Crippen molar-refractivity contribution >= 4 is 0 Å². The van der Waals surface area contributed by atoms with E-state index in [1.54, 1.807) is 0 Å². The molecule has 0 bridgehead atoms. The zero-order chi connectivity index (χ0) is 8.86. The summed E-state index contributed by atoms with van der Waals surface area (Å²) in [5, 5.41) is 3.05. The van der Waals surface area contributed by atoms with E-state index in [0.29, 0.717) is 19.6 Å². The summed E-state index contributed by atoms with van der Waals surface area (Å²) in [5.74, 6) is 0. The van der Waals surface area contributed by atoms with Crippen molar-refractivity contribution in [1.29, 1.82) is 0 Å². The van der Waals surface area contributed by atoms with Gasteiger partial charge >= 0.3 is 0 Å². The third-order valence-corrected chi connectivity index (χ3v) is 2.13. The Balaban J connectivity index is 2.17. The molecule has 72 valence electrons. The van der Waals surface area contributed by atoms with Crippen LogP contribution in [0, 0.1) is 0 Å². The van der Waals surface area contributed by atoms with E-state index < -0.39 is 5.67 Å². The lowest BCUT2D eigenvalue weighted by atomic mass is 9.97. The highest BCUT2D eigenvalue weighted by Crippen LogP contribution is 2.20. The van der Waals surface area contributed by atoms with E-state index in [9.17, 15) is 4.39 Å². The average molecular weight is 175 g/mol. The van der Waals surface area contributed by atoms with Crippen molar-refractivity contribution < 1.29 is 9.13 Å². The van der Waals surface area contributed by atoms with Gasteiger partial charge in [0.25, 0.3) is 0 Å². The van der Waals surface area contributed by atoms with Crippen LogP contribution in [-0.2, 0) is 4.74 Å². The predicted octanol–water partition coefficient (Wildman–Crippen LogP) is 1.50. The van der Waals surface area contributed by atoms with Crippen molar-refractivity contribution in [3.05, 3.63) is 0 Å². The fraction of sp³-hybridized carbons (Fsp3) is 1.00.